The molecule has 1 aliphatic carbocycles. The number of phenols is 2. The van der Waals surface area contributed by atoms with Crippen LogP contribution in [0.3, 0.4) is 0 Å². The van der Waals surface area contributed by atoms with E-state index in [-0.39, 0.29) is 11.6 Å². The second-order valence-corrected chi connectivity index (χ2v) is 7.22. The fourth-order valence-corrected chi connectivity index (χ4v) is 3.17. The van der Waals surface area contributed by atoms with E-state index in [1.165, 1.54) is 12.2 Å². The van der Waals surface area contributed by atoms with Crippen LogP contribution in [0.15, 0.2) is 71.8 Å². The first-order chi connectivity index (χ1) is 15.1. The Labute approximate surface area is 184 Å². The van der Waals surface area contributed by atoms with Gasteiger partial charge < -0.3 is 10.2 Å². The van der Waals surface area contributed by atoms with Gasteiger partial charge in [-0.3, -0.25) is 9.59 Å². The van der Waals surface area contributed by atoms with Crippen LogP contribution in [0, 0.1) is 0 Å². The molecule has 0 spiro atoms. The number of ketones is 2. The molecule has 2 aromatic carbocycles. The van der Waals surface area contributed by atoms with E-state index in [9.17, 15) is 35.9 Å². The van der Waals surface area contributed by atoms with Gasteiger partial charge in [-0.25, -0.2) is 0 Å². The van der Waals surface area contributed by atoms with Crippen molar-refractivity contribution in [2.45, 2.75) is 31.6 Å². The van der Waals surface area contributed by atoms with Gasteiger partial charge >= 0.3 is 12.4 Å². The number of alkyl halides is 6. The summed E-state index contributed by atoms with van der Waals surface area (Å²) in [4.78, 5) is 21.7. The van der Waals surface area contributed by atoms with Gasteiger partial charge in [0, 0.05) is 11.1 Å². The molecule has 3 rings (SSSR count). The molecule has 176 valence electrons. The lowest BCUT2D eigenvalue weighted by Gasteiger charge is -2.38. The Balaban J connectivity index is 0.000000321. The molecule has 2 N–H and O–H groups in total. The molecule has 0 bridgehead atoms. The van der Waals surface area contributed by atoms with Gasteiger partial charge in [0.1, 0.15) is 11.5 Å². The predicted molar refractivity (Wildman–Crippen MR) is 107 cm³/mol. The minimum absolute atomic E-state index is 0.0582. The fraction of sp³-hybridized carbons (Fsp3) is 0.217. The summed E-state index contributed by atoms with van der Waals surface area (Å²) in [6.45, 7) is 3.28. The first-order valence-corrected chi connectivity index (χ1v) is 9.29. The van der Waals surface area contributed by atoms with Gasteiger partial charge in [0.15, 0.2) is 11.6 Å². The van der Waals surface area contributed by atoms with Crippen molar-refractivity contribution < 1.29 is 46.1 Å². The minimum atomic E-state index is -5.70. The van der Waals surface area contributed by atoms with Crippen LogP contribution in [0.1, 0.15) is 25.0 Å². The summed E-state index contributed by atoms with van der Waals surface area (Å²) in [6.07, 6.45) is -8.65. The quantitative estimate of drug-likeness (QED) is 0.445. The summed E-state index contributed by atoms with van der Waals surface area (Å²) in [5, 5.41) is 18.3. The summed E-state index contributed by atoms with van der Waals surface area (Å²) < 4.78 is 81.6. The van der Waals surface area contributed by atoms with Crippen LogP contribution in [0.5, 0.6) is 11.5 Å². The Kier molecular flexibility index (Phi) is 7.11. The number of halogens is 6. The maximum Gasteiger partial charge on any atom is 0.411 e. The summed E-state index contributed by atoms with van der Waals surface area (Å²) in [5.41, 5.74) is -5.39. The Morgan fingerprint density at radius 1 is 0.576 bits per heavy atom. The van der Waals surface area contributed by atoms with Crippen LogP contribution in [-0.4, -0.2) is 34.1 Å². The molecule has 0 heterocycles. The predicted octanol–water partition coefficient (Wildman–Crippen LogP) is 5.54. The summed E-state index contributed by atoms with van der Waals surface area (Å²) in [7, 11) is 0. The first-order valence-electron chi connectivity index (χ1n) is 9.29. The van der Waals surface area contributed by atoms with E-state index >= 15 is 0 Å². The third-order valence-corrected chi connectivity index (χ3v) is 4.92. The van der Waals surface area contributed by atoms with Crippen molar-refractivity contribution in [2.75, 3.05) is 0 Å². The van der Waals surface area contributed by atoms with Crippen LogP contribution in [0.25, 0.3) is 0 Å². The third-order valence-electron chi connectivity index (χ3n) is 4.92. The molecule has 0 fully saturated rings. The smallest absolute Gasteiger partial charge is 0.411 e. The van der Waals surface area contributed by atoms with Crippen LogP contribution in [-0.2, 0) is 15.0 Å². The Hall–Kier alpha value is -3.56. The number of hydrogen-bond acceptors (Lipinski definition) is 4. The maximum absolute atomic E-state index is 13.6. The molecule has 0 saturated heterocycles. The van der Waals surface area contributed by atoms with Crippen molar-refractivity contribution in [3.05, 3.63) is 83.0 Å². The van der Waals surface area contributed by atoms with Crippen molar-refractivity contribution in [3.63, 3.8) is 0 Å². The fourth-order valence-electron chi connectivity index (χ4n) is 3.17. The zero-order valence-corrected chi connectivity index (χ0v) is 17.3. The monoisotopic (exact) mass is 472 g/mol. The summed E-state index contributed by atoms with van der Waals surface area (Å²) >= 11 is 0. The van der Waals surface area contributed by atoms with Gasteiger partial charge in [-0.1, -0.05) is 24.3 Å². The number of rotatable bonds is 2. The van der Waals surface area contributed by atoms with Gasteiger partial charge in [-0.05, 0) is 61.4 Å². The van der Waals surface area contributed by atoms with E-state index in [0.29, 0.717) is 35.4 Å². The molecule has 0 unspecified atom stereocenters. The molecule has 0 atom stereocenters. The lowest BCUT2D eigenvalue weighted by atomic mass is 9.73. The number of benzene rings is 2. The highest BCUT2D eigenvalue weighted by atomic mass is 19.4. The van der Waals surface area contributed by atoms with Crippen LogP contribution in [0.4, 0.5) is 26.3 Å². The summed E-state index contributed by atoms with van der Waals surface area (Å²) in [5.74, 6) is -1.04. The van der Waals surface area contributed by atoms with E-state index < -0.39 is 40.4 Å². The largest absolute Gasteiger partial charge is 0.508 e. The second kappa shape index (κ2) is 9.13. The van der Waals surface area contributed by atoms with Crippen molar-refractivity contribution in [2.24, 2.45) is 0 Å². The van der Waals surface area contributed by atoms with Crippen molar-refractivity contribution >= 4 is 11.6 Å². The maximum atomic E-state index is 13.6. The van der Waals surface area contributed by atoms with Gasteiger partial charge in [-0.2, -0.15) is 26.3 Å². The minimum Gasteiger partial charge on any atom is -0.508 e. The number of allylic oxidation sites excluding steroid dienone is 4. The Morgan fingerprint density at radius 2 is 0.848 bits per heavy atom. The van der Waals surface area contributed by atoms with E-state index in [1.807, 2.05) is 0 Å². The topological polar surface area (TPSA) is 74.6 Å². The van der Waals surface area contributed by atoms with Crippen molar-refractivity contribution in [1.82, 2.24) is 0 Å². The standard InChI is InChI=1S/C15H10F6O2.C8H8O2/c16-14(17,18)13(15(19,20)21,9-1-5-11(22)6-2-9)10-3-7-12(23)8-4-10;1-5-3-8(10)6(2)4-7(5)9/h1-8,22-23H;3-4H,1-2H3. The Morgan fingerprint density at radius 3 is 1.09 bits per heavy atom. The lowest BCUT2D eigenvalue weighted by Crippen LogP contribution is -2.54. The number of carbonyl (C=O) groups excluding carboxylic acids is 2. The molecule has 0 radical (unpaired) electrons. The molecular weight excluding hydrogens is 454 g/mol. The van der Waals surface area contributed by atoms with E-state index in [2.05, 4.69) is 0 Å². The molecule has 4 nitrogen and oxygen atoms in total. The molecule has 0 saturated carbocycles. The van der Waals surface area contributed by atoms with Gasteiger partial charge in [0.2, 0.25) is 5.41 Å². The van der Waals surface area contributed by atoms with Gasteiger partial charge in [0.25, 0.3) is 0 Å². The van der Waals surface area contributed by atoms with Gasteiger partial charge in [0.05, 0.1) is 0 Å². The highest BCUT2D eigenvalue weighted by molar-refractivity contribution is 6.19. The van der Waals surface area contributed by atoms with Crippen LogP contribution < -0.4 is 0 Å². The van der Waals surface area contributed by atoms with Crippen LogP contribution >= 0.6 is 0 Å². The molecular formula is C23H18F6O4. The molecule has 0 aliphatic heterocycles. The molecule has 0 amide bonds. The average Bonchev–Trinajstić information content (AvgIpc) is 2.68. The number of carbonyl (C=O) groups is 2. The first kappa shape index (κ1) is 25.7. The zero-order chi connectivity index (χ0) is 25.2. The number of aromatic hydroxyl groups is 2. The summed E-state index contributed by atoms with van der Waals surface area (Å²) in [6, 6.07) is 5.30. The van der Waals surface area contributed by atoms with E-state index in [1.54, 1.807) is 13.8 Å². The second-order valence-electron chi connectivity index (χ2n) is 7.22. The van der Waals surface area contributed by atoms with Gasteiger partial charge in [-0.15, -0.1) is 0 Å². The molecule has 10 heteroatoms. The molecule has 0 aromatic heterocycles. The van der Waals surface area contributed by atoms with Crippen molar-refractivity contribution in [3.8, 4) is 11.5 Å². The highest BCUT2D eigenvalue weighted by Gasteiger charge is 2.72. The molecule has 1 aliphatic rings. The number of phenolic OH excluding ortho intramolecular Hbond substituents is 2. The lowest BCUT2D eigenvalue weighted by molar-refractivity contribution is -0.288. The third kappa shape index (κ3) is 5.10. The normalized spacial score (nSPS) is 14.8. The van der Waals surface area contributed by atoms with E-state index in [4.69, 9.17) is 10.2 Å². The molecule has 33 heavy (non-hydrogen) atoms. The average molecular weight is 472 g/mol. The highest BCUT2D eigenvalue weighted by Crippen LogP contribution is 2.56. The zero-order valence-electron chi connectivity index (χ0n) is 17.3. The van der Waals surface area contributed by atoms with Crippen LogP contribution in [0.2, 0.25) is 0 Å². The van der Waals surface area contributed by atoms with E-state index in [0.717, 1.165) is 24.3 Å². The SMILES string of the molecule is CC1=CC(=O)C(C)=CC1=O.Oc1ccc(C(c2ccc(O)cc2)(C(F)(F)F)C(F)(F)F)cc1. The Bertz CT molecular complexity index is 1000. The number of hydrogen-bond donors (Lipinski definition) is 2. The molecule has 2 aromatic rings. The van der Waals surface area contributed by atoms with Crippen molar-refractivity contribution in [1.29, 1.82) is 0 Å².